The molecular formula is C19H29NO2. The van der Waals surface area contributed by atoms with Crippen molar-refractivity contribution in [3.8, 4) is 5.75 Å². The molecule has 0 N–H and O–H groups in total. The van der Waals surface area contributed by atoms with Crippen molar-refractivity contribution in [2.24, 2.45) is 0 Å². The van der Waals surface area contributed by atoms with Crippen LogP contribution in [0.3, 0.4) is 0 Å². The van der Waals surface area contributed by atoms with E-state index in [0.717, 1.165) is 24.2 Å². The van der Waals surface area contributed by atoms with Gasteiger partial charge in [0.15, 0.2) is 6.61 Å². The Kier molecular flexibility index (Phi) is 5.87. The van der Waals surface area contributed by atoms with Crippen molar-refractivity contribution < 1.29 is 9.53 Å². The highest BCUT2D eigenvalue weighted by Crippen LogP contribution is 2.28. The molecule has 0 radical (unpaired) electrons. The largest absolute Gasteiger partial charge is 0.483 e. The second-order valence-corrected chi connectivity index (χ2v) is 6.78. The molecule has 0 unspecified atom stereocenters. The molecule has 1 saturated carbocycles. The highest BCUT2D eigenvalue weighted by molar-refractivity contribution is 5.77. The van der Waals surface area contributed by atoms with Crippen LogP contribution in [0.1, 0.15) is 63.0 Å². The molecule has 122 valence electrons. The second kappa shape index (κ2) is 7.66. The summed E-state index contributed by atoms with van der Waals surface area (Å²) in [6.45, 7) is 6.48. The zero-order chi connectivity index (χ0) is 16.1. The van der Waals surface area contributed by atoms with Crippen molar-refractivity contribution in [2.75, 3.05) is 13.7 Å². The molecule has 0 atom stereocenters. The van der Waals surface area contributed by atoms with Crippen LogP contribution in [0.15, 0.2) is 18.2 Å². The number of hydrogen-bond acceptors (Lipinski definition) is 2. The maximum absolute atomic E-state index is 12.4. The Hall–Kier alpha value is -1.51. The van der Waals surface area contributed by atoms with Crippen LogP contribution in [-0.4, -0.2) is 30.5 Å². The number of carbonyl (C=O) groups is 1. The molecule has 3 nitrogen and oxygen atoms in total. The third kappa shape index (κ3) is 4.25. The molecule has 1 aliphatic carbocycles. The Morgan fingerprint density at radius 2 is 1.95 bits per heavy atom. The van der Waals surface area contributed by atoms with E-state index in [0.29, 0.717) is 12.0 Å². The van der Waals surface area contributed by atoms with E-state index in [4.69, 9.17) is 4.74 Å². The lowest BCUT2D eigenvalue weighted by Gasteiger charge is -2.31. The maximum atomic E-state index is 12.4. The van der Waals surface area contributed by atoms with Crippen molar-refractivity contribution in [2.45, 2.75) is 64.8 Å². The number of amides is 1. The number of carbonyl (C=O) groups excluding carboxylic acids is 1. The van der Waals surface area contributed by atoms with E-state index in [-0.39, 0.29) is 12.5 Å². The van der Waals surface area contributed by atoms with E-state index < -0.39 is 0 Å². The van der Waals surface area contributed by atoms with Gasteiger partial charge < -0.3 is 9.64 Å². The molecular weight excluding hydrogens is 274 g/mol. The fourth-order valence-electron chi connectivity index (χ4n) is 3.16. The summed E-state index contributed by atoms with van der Waals surface area (Å²) in [7, 11) is 1.92. The van der Waals surface area contributed by atoms with Gasteiger partial charge in [-0.05, 0) is 42.9 Å². The Labute approximate surface area is 134 Å². The van der Waals surface area contributed by atoms with Crippen LogP contribution in [0.4, 0.5) is 0 Å². The number of rotatable bonds is 5. The van der Waals surface area contributed by atoms with E-state index in [1.54, 1.807) is 0 Å². The predicted octanol–water partition coefficient (Wildman–Crippen LogP) is 4.29. The first kappa shape index (κ1) is 16.9. The summed E-state index contributed by atoms with van der Waals surface area (Å²) >= 11 is 0. The third-order valence-corrected chi connectivity index (χ3v) is 4.66. The van der Waals surface area contributed by atoms with Crippen LogP contribution in [0.2, 0.25) is 0 Å². The first-order valence-electron chi connectivity index (χ1n) is 8.48. The van der Waals surface area contributed by atoms with Gasteiger partial charge >= 0.3 is 0 Å². The molecule has 0 aliphatic heterocycles. The Morgan fingerprint density at radius 3 is 2.59 bits per heavy atom. The van der Waals surface area contributed by atoms with Crippen molar-refractivity contribution in [3.05, 3.63) is 29.3 Å². The molecule has 0 saturated heterocycles. The Balaban J connectivity index is 1.97. The van der Waals surface area contributed by atoms with Gasteiger partial charge in [-0.15, -0.1) is 0 Å². The van der Waals surface area contributed by atoms with Gasteiger partial charge in [-0.3, -0.25) is 4.79 Å². The molecule has 2 rings (SSSR count). The van der Waals surface area contributed by atoms with E-state index in [1.807, 2.05) is 24.9 Å². The van der Waals surface area contributed by atoms with Crippen molar-refractivity contribution >= 4 is 5.91 Å². The van der Waals surface area contributed by atoms with Gasteiger partial charge in [0.05, 0.1) is 0 Å². The smallest absolute Gasteiger partial charge is 0.260 e. The summed E-state index contributed by atoms with van der Waals surface area (Å²) in [6.07, 6.45) is 6.03. The second-order valence-electron chi connectivity index (χ2n) is 6.78. The van der Waals surface area contributed by atoms with Crippen LogP contribution < -0.4 is 4.74 Å². The zero-order valence-electron chi connectivity index (χ0n) is 14.4. The molecule has 1 fully saturated rings. The number of ether oxygens (including phenoxy) is 1. The highest BCUT2D eigenvalue weighted by Gasteiger charge is 2.22. The highest BCUT2D eigenvalue weighted by atomic mass is 16.5. The van der Waals surface area contributed by atoms with E-state index in [9.17, 15) is 4.79 Å². The standard InChI is InChI=1S/C19H29NO2/c1-14(2)17-11-10-15(3)12-18(17)22-13-19(21)20(4)16-8-6-5-7-9-16/h10-12,14,16H,5-9,13H2,1-4H3. The SMILES string of the molecule is Cc1ccc(C(C)C)c(OCC(=O)N(C)C2CCCCC2)c1. The number of hydrogen-bond donors (Lipinski definition) is 0. The molecule has 0 aromatic heterocycles. The zero-order valence-corrected chi connectivity index (χ0v) is 14.4. The van der Waals surface area contributed by atoms with E-state index >= 15 is 0 Å². The molecule has 0 bridgehead atoms. The van der Waals surface area contributed by atoms with Gasteiger partial charge in [-0.1, -0.05) is 45.2 Å². The number of nitrogens with zero attached hydrogens (tertiary/aromatic N) is 1. The summed E-state index contributed by atoms with van der Waals surface area (Å²) in [5, 5.41) is 0. The lowest BCUT2D eigenvalue weighted by atomic mass is 9.94. The molecule has 1 amide bonds. The molecule has 3 heteroatoms. The Morgan fingerprint density at radius 1 is 1.27 bits per heavy atom. The molecule has 1 aromatic rings. The van der Waals surface area contributed by atoms with E-state index in [2.05, 4.69) is 26.0 Å². The normalized spacial score (nSPS) is 15.9. The number of likely N-dealkylation sites (N-methyl/N-ethyl adjacent to an activating group) is 1. The minimum Gasteiger partial charge on any atom is -0.483 e. The topological polar surface area (TPSA) is 29.5 Å². The monoisotopic (exact) mass is 303 g/mol. The van der Waals surface area contributed by atoms with Gasteiger partial charge in [0, 0.05) is 13.1 Å². The molecule has 0 heterocycles. The lowest BCUT2D eigenvalue weighted by molar-refractivity contribution is -0.134. The number of benzene rings is 1. The predicted molar refractivity (Wildman–Crippen MR) is 90.4 cm³/mol. The van der Waals surface area contributed by atoms with E-state index in [1.165, 1.54) is 24.8 Å². The van der Waals surface area contributed by atoms with Crippen LogP contribution in [-0.2, 0) is 4.79 Å². The van der Waals surface area contributed by atoms with Gasteiger partial charge in [0.25, 0.3) is 5.91 Å². The molecule has 0 spiro atoms. The molecule has 22 heavy (non-hydrogen) atoms. The van der Waals surface area contributed by atoms with Crippen LogP contribution in [0.25, 0.3) is 0 Å². The van der Waals surface area contributed by atoms with Crippen molar-refractivity contribution in [1.82, 2.24) is 4.90 Å². The maximum Gasteiger partial charge on any atom is 0.260 e. The first-order chi connectivity index (χ1) is 10.5. The molecule has 1 aromatic carbocycles. The quantitative estimate of drug-likeness (QED) is 0.812. The first-order valence-corrected chi connectivity index (χ1v) is 8.48. The van der Waals surface area contributed by atoms with Gasteiger partial charge in [0.2, 0.25) is 0 Å². The lowest BCUT2D eigenvalue weighted by Crippen LogP contribution is -2.40. The average molecular weight is 303 g/mol. The fraction of sp³-hybridized carbons (Fsp3) is 0.632. The molecule has 1 aliphatic rings. The summed E-state index contributed by atoms with van der Waals surface area (Å²) in [5.74, 6) is 1.32. The minimum absolute atomic E-state index is 0.0862. The summed E-state index contributed by atoms with van der Waals surface area (Å²) in [4.78, 5) is 14.3. The number of aryl methyl sites for hydroxylation is 1. The van der Waals surface area contributed by atoms with Gasteiger partial charge in [-0.2, -0.15) is 0 Å². The minimum atomic E-state index is 0.0862. The average Bonchev–Trinajstić information content (AvgIpc) is 2.52. The third-order valence-electron chi connectivity index (χ3n) is 4.66. The van der Waals surface area contributed by atoms with Gasteiger partial charge in [0.1, 0.15) is 5.75 Å². The van der Waals surface area contributed by atoms with Crippen LogP contribution in [0, 0.1) is 6.92 Å². The van der Waals surface area contributed by atoms with Gasteiger partial charge in [-0.25, -0.2) is 0 Å². The van der Waals surface area contributed by atoms with Crippen molar-refractivity contribution in [3.63, 3.8) is 0 Å². The van der Waals surface area contributed by atoms with Crippen LogP contribution >= 0.6 is 0 Å². The fourth-order valence-corrected chi connectivity index (χ4v) is 3.16. The Bertz CT molecular complexity index is 504. The van der Waals surface area contributed by atoms with Crippen molar-refractivity contribution in [1.29, 1.82) is 0 Å². The summed E-state index contributed by atoms with van der Waals surface area (Å²) in [5.41, 5.74) is 2.33. The van der Waals surface area contributed by atoms with Crippen LogP contribution in [0.5, 0.6) is 5.75 Å². The summed E-state index contributed by atoms with van der Waals surface area (Å²) in [6, 6.07) is 6.62. The summed E-state index contributed by atoms with van der Waals surface area (Å²) < 4.78 is 5.86.